The molecule has 104 valence electrons. The number of nitrogens with zero attached hydrogens (tertiary/aromatic N) is 3. The highest BCUT2D eigenvalue weighted by atomic mass is 79.9. The molecule has 6 heteroatoms. The third-order valence-electron chi connectivity index (χ3n) is 2.69. The highest BCUT2D eigenvalue weighted by molar-refractivity contribution is 9.10. The molecular formula is C14H15BrN4O. The van der Waals surface area contributed by atoms with Crippen LogP contribution in [0.1, 0.15) is 11.4 Å². The van der Waals surface area contributed by atoms with Crippen LogP contribution in [0.15, 0.2) is 46.3 Å². The minimum absolute atomic E-state index is 0.188. The van der Waals surface area contributed by atoms with E-state index >= 15 is 0 Å². The first-order valence-corrected chi connectivity index (χ1v) is 6.94. The minimum atomic E-state index is -0.188. The van der Waals surface area contributed by atoms with E-state index in [-0.39, 0.29) is 5.56 Å². The largest absolute Gasteiger partial charge is 0.377 e. The van der Waals surface area contributed by atoms with Crippen LogP contribution in [0.25, 0.3) is 0 Å². The fraction of sp³-hybridized carbons (Fsp3) is 0.214. The molecule has 2 rings (SSSR count). The van der Waals surface area contributed by atoms with Gasteiger partial charge in [-0.05, 0) is 35.0 Å². The normalized spacial score (nSPS) is 10.3. The number of aryl methyl sites for hydroxylation is 1. The first-order valence-electron chi connectivity index (χ1n) is 6.14. The van der Waals surface area contributed by atoms with Crippen molar-refractivity contribution in [2.24, 2.45) is 0 Å². The number of allylic oxidation sites excluding steroid dienone is 1. The Balaban J connectivity index is 2.16. The number of rotatable bonds is 5. The molecule has 0 bridgehead atoms. The molecular weight excluding hydrogens is 320 g/mol. The van der Waals surface area contributed by atoms with Crippen LogP contribution in [-0.2, 0) is 13.1 Å². The van der Waals surface area contributed by atoms with Gasteiger partial charge in [0.05, 0.1) is 30.7 Å². The van der Waals surface area contributed by atoms with Crippen LogP contribution in [0.3, 0.4) is 0 Å². The van der Waals surface area contributed by atoms with Crippen LogP contribution >= 0.6 is 15.9 Å². The summed E-state index contributed by atoms with van der Waals surface area (Å²) >= 11 is 3.30. The summed E-state index contributed by atoms with van der Waals surface area (Å²) in [5.41, 5.74) is 2.33. The molecule has 0 saturated heterocycles. The lowest BCUT2D eigenvalue weighted by atomic mass is 10.3. The van der Waals surface area contributed by atoms with Gasteiger partial charge in [0, 0.05) is 5.69 Å². The third kappa shape index (κ3) is 3.33. The second kappa shape index (κ2) is 6.47. The highest BCUT2D eigenvalue weighted by Crippen LogP contribution is 2.16. The molecule has 0 aliphatic rings. The predicted molar refractivity (Wildman–Crippen MR) is 82.7 cm³/mol. The number of anilines is 1. The smallest absolute Gasteiger partial charge is 0.283 e. The van der Waals surface area contributed by atoms with Crippen molar-refractivity contribution in [1.29, 1.82) is 0 Å². The Morgan fingerprint density at radius 2 is 2.30 bits per heavy atom. The van der Waals surface area contributed by atoms with Crippen molar-refractivity contribution in [3.8, 4) is 0 Å². The molecule has 2 aromatic rings. The summed E-state index contributed by atoms with van der Waals surface area (Å²) in [7, 11) is 0. The molecule has 0 unspecified atom stereocenters. The summed E-state index contributed by atoms with van der Waals surface area (Å²) in [5, 5.41) is 7.23. The first kappa shape index (κ1) is 14.5. The molecule has 0 fully saturated rings. The Morgan fingerprint density at radius 1 is 1.50 bits per heavy atom. The number of aromatic nitrogens is 3. The van der Waals surface area contributed by atoms with Gasteiger partial charge in [0.15, 0.2) is 0 Å². The van der Waals surface area contributed by atoms with Crippen LogP contribution in [0, 0.1) is 6.92 Å². The highest BCUT2D eigenvalue weighted by Gasteiger charge is 2.08. The van der Waals surface area contributed by atoms with Crippen LogP contribution < -0.4 is 10.9 Å². The quantitative estimate of drug-likeness (QED) is 0.853. The standard InChI is InChI=1S/C14H15BrN4O/c1-3-7-19-14(20)13(15)12(9-17-19)16-8-11-6-4-5-10(2)18-11/h3-6,9,16H,1,7-8H2,2H3. The molecule has 1 N–H and O–H groups in total. The zero-order chi connectivity index (χ0) is 14.5. The lowest BCUT2D eigenvalue weighted by molar-refractivity contribution is 0.649. The maximum absolute atomic E-state index is 12.0. The van der Waals surface area contributed by atoms with Crippen LogP contribution in [-0.4, -0.2) is 14.8 Å². The number of pyridine rings is 1. The maximum Gasteiger partial charge on any atom is 0.283 e. The number of nitrogens with one attached hydrogen (secondary N) is 1. The predicted octanol–water partition coefficient (Wildman–Crippen LogP) is 2.51. The second-order valence-corrected chi connectivity index (χ2v) is 5.07. The van der Waals surface area contributed by atoms with E-state index in [0.717, 1.165) is 11.4 Å². The van der Waals surface area contributed by atoms with Gasteiger partial charge in [0.1, 0.15) is 4.47 Å². The zero-order valence-electron chi connectivity index (χ0n) is 11.1. The Labute approximate surface area is 125 Å². The molecule has 0 saturated carbocycles. The Kier molecular flexibility index (Phi) is 4.68. The monoisotopic (exact) mass is 334 g/mol. The maximum atomic E-state index is 12.0. The first-order chi connectivity index (χ1) is 9.61. The number of hydrogen-bond acceptors (Lipinski definition) is 4. The van der Waals surface area contributed by atoms with Crippen molar-refractivity contribution in [3.63, 3.8) is 0 Å². The van der Waals surface area contributed by atoms with Crippen molar-refractivity contribution in [2.45, 2.75) is 20.0 Å². The minimum Gasteiger partial charge on any atom is -0.377 e. The average Bonchev–Trinajstić information content (AvgIpc) is 2.43. The van der Waals surface area contributed by atoms with Gasteiger partial charge in [-0.15, -0.1) is 6.58 Å². The zero-order valence-corrected chi connectivity index (χ0v) is 12.7. The van der Waals surface area contributed by atoms with E-state index in [1.54, 1.807) is 12.3 Å². The molecule has 5 nitrogen and oxygen atoms in total. The van der Waals surface area contributed by atoms with Crippen LogP contribution in [0.2, 0.25) is 0 Å². The Hall–Kier alpha value is -1.95. The summed E-state index contributed by atoms with van der Waals surface area (Å²) in [6.45, 7) is 6.46. The molecule has 0 aliphatic heterocycles. The van der Waals surface area contributed by atoms with E-state index in [2.05, 4.69) is 37.9 Å². The van der Waals surface area contributed by atoms with Crippen LogP contribution in [0.5, 0.6) is 0 Å². The van der Waals surface area contributed by atoms with Gasteiger partial charge in [-0.3, -0.25) is 9.78 Å². The molecule has 2 aromatic heterocycles. The SMILES string of the molecule is C=CCn1ncc(NCc2cccc(C)n2)c(Br)c1=O. The molecule has 0 spiro atoms. The summed E-state index contributed by atoms with van der Waals surface area (Å²) in [6, 6.07) is 5.83. The number of hydrogen-bond donors (Lipinski definition) is 1. The molecule has 20 heavy (non-hydrogen) atoms. The van der Waals surface area contributed by atoms with Gasteiger partial charge in [-0.2, -0.15) is 5.10 Å². The summed E-state index contributed by atoms with van der Waals surface area (Å²) in [5.74, 6) is 0. The van der Waals surface area contributed by atoms with Gasteiger partial charge < -0.3 is 5.32 Å². The van der Waals surface area contributed by atoms with E-state index < -0.39 is 0 Å². The van der Waals surface area contributed by atoms with E-state index in [9.17, 15) is 4.79 Å². The number of halogens is 1. The van der Waals surface area contributed by atoms with Crippen molar-refractivity contribution < 1.29 is 0 Å². The second-order valence-electron chi connectivity index (χ2n) is 4.27. The van der Waals surface area contributed by atoms with Gasteiger partial charge in [-0.1, -0.05) is 12.1 Å². The van der Waals surface area contributed by atoms with Gasteiger partial charge in [0.2, 0.25) is 0 Å². The molecule has 0 aromatic carbocycles. The molecule has 0 aliphatic carbocycles. The summed E-state index contributed by atoms with van der Waals surface area (Å²) in [6.07, 6.45) is 3.25. The van der Waals surface area contributed by atoms with E-state index in [0.29, 0.717) is 23.2 Å². The van der Waals surface area contributed by atoms with Crippen molar-refractivity contribution in [3.05, 3.63) is 63.3 Å². The molecule has 2 heterocycles. The third-order valence-corrected chi connectivity index (χ3v) is 3.46. The van der Waals surface area contributed by atoms with E-state index in [4.69, 9.17) is 0 Å². The van der Waals surface area contributed by atoms with E-state index in [1.165, 1.54) is 4.68 Å². The molecule has 0 amide bonds. The van der Waals surface area contributed by atoms with Gasteiger partial charge in [-0.25, -0.2) is 4.68 Å². The van der Waals surface area contributed by atoms with Gasteiger partial charge in [0.25, 0.3) is 5.56 Å². The summed E-state index contributed by atoms with van der Waals surface area (Å²) < 4.78 is 1.80. The van der Waals surface area contributed by atoms with E-state index in [1.807, 2.05) is 25.1 Å². The van der Waals surface area contributed by atoms with Crippen molar-refractivity contribution in [1.82, 2.24) is 14.8 Å². The van der Waals surface area contributed by atoms with Gasteiger partial charge >= 0.3 is 0 Å². The average molecular weight is 335 g/mol. The Bertz CT molecular complexity index is 681. The fourth-order valence-corrected chi connectivity index (χ4v) is 2.17. The lowest BCUT2D eigenvalue weighted by Crippen LogP contribution is -2.24. The molecule has 0 radical (unpaired) electrons. The Morgan fingerprint density at radius 3 is 3.00 bits per heavy atom. The van der Waals surface area contributed by atoms with Crippen molar-refractivity contribution in [2.75, 3.05) is 5.32 Å². The topological polar surface area (TPSA) is 59.8 Å². The fourth-order valence-electron chi connectivity index (χ4n) is 1.72. The van der Waals surface area contributed by atoms with Crippen LogP contribution in [0.4, 0.5) is 5.69 Å². The molecule has 0 atom stereocenters. The lowest BCUT2D eigenvalue weighted by Gasteiger charge is -2.09. The summed E-state index contributed by atoms with van der Waals surface area (Å²) in [4.78, 5) is 16.4. The van der Waals surface area contributed by atoms with Crippen molar-refractivity contribution >= 4 is 21.6 Å².